The zero-order chi connectivity index (χ0) is 25.2. The Balaban J connectivity index is 1.14. The number of hydrogen-bond donors (Lipinski definition) is 0. The molecule has 204 valence electrons. The van der Waals surface area contributed by atoms with Gasteiger partial charge in [-0.25, -0.2) is 0 Å². The lowest BCUT2D eigenvalue weighted by Crippen LogP contribution is -2.43. The van der Waals surface area contributed by atoms with Crippen LogP contribution in [0, 0.1) is 29.6 Å². The maximum Gasteiger partial charge on any atom is 0.164 e. The highest BCUT2D eigenvalue weighted by atomic mass is 16.7. The Bertz CT molecular complexity index is 743. The fraction of sp³-hybridized carbons (Fsp3) is 0.812. The van der Waals surface area contributed by atoms with E-state index in [4.69, 9.17) is 18.9 Å². The molecule has 1 unspecified atom stereocenters. The molecule has 1 heterocycles. The Morgan fingerprint density at radius 2 is 1.56 bits per heavy atom. The average molecular weight is 501 g/mol. The van der Waals surface area contributed by atoms with Crippen LogP contribution in [0.2, 0.25) is 0 Å². The number of rotatable bonds is 13. The molecular weight excluding hydrogens is 448 g/mol. The van der Waals surface area contributed by atoms with Crippen molar-refractivity contribution in [3.05, 3.63) is 34.9 Å². The van der Waals surface area contributed by atoms with Gasteiger partial charge >= 0.3 is 0 Å². The van der Waals surface area contributed by atoms with Gasteiger partial charge in [0, 0.05) is 20.1 Å². The smallest absolute Gasteiger partial charge is 0.164 e. The zero-order valence-electron chi connectivity index (χ0n) is 23.3. The van der Waals surface area contributed by atoms with Crippen molar-refractivity contribution in [3.63, 3.8) is 0 Å². The summed E-state index contributed by atoms with van der Waals surface area (Å²) < 4.78 is 22.9. The van der Waals surface area contributed by atoms with E-state index in [9.17, 15) is 0 Å². The van der Waals surface area contributed by atoms with E-state index >= 15 is 0 Å². The van der Waals surface area contributed by atoms with E-state index in [1.165, 1.54) is 83.5 Å². The molecule has 0 aromatic heterocycles. The molecule has 0 amide bonds. The molecule has 1 saturated carbocycles. The molecule has 1 aromatic rings. The first kappa shape index (κ1) is 28.1. The van der Waals surface area contributed by atoms with Crippen LogP contribution in [0.3, 0.4) is 0 Å². The molecule has 36 heavy (non-hydrogen) atoms. The van der Waals surface area contributed by atoms with E-state index in [-0.39, 0.29) is 12.2 Å². The molecule has 1 atom stereocenters. The minimum absolute atomic E-state index is 0.149. The molecule has 1 aromatic carbocycles. The van der Waals surface area contributed by atoms with Crippen LogP contribution in [0.4, 0.5) is 0 Å². The van der Waals surface area contributed by atoms with Crippen molar-refractivity contribution in [2.24, 2.45) is 29.6 Å². The molecular formula is C32H52O4. The molecule has 0 spiro atoms. The summed E-state index contributed by atoms with van der Waals surface area (Å²) in [6.07, 6.45) is 17.4. The minimum Gasteiger partial charge on any atom is -0.384 e. The fourth-order valence-corrected chi connectivity index (χ4v) is 7.00. The summed E-state index contributed by atoms with van der Waals surface area (Å²) in [5.41, 5.74) is 4.85. The summed E-state index contributed by atoms with van der Waals surface area (Å²) in [4.78, 5) is 0. The minimum atomic E-state index is -0.189. The first-order valence-electron chi connectivity index (χ1n) is 15.0. The van der Waals surface area contributed by atoms with Gasteiger partial charge in [0.05, 0.1) is 32.3 Å². The predicted molar refractivity (Wildman–Crippen MR) is 146 cm³/mol. The van der Waals surface area contributed by atoms with E-state index in [1.54, 1.807) is 30.9 Å². The van der Waals surface area contributed by atoms with E-state index < -0.39 is 0 Å². The third-order valence-electron chi connectivity index (χ3n) is 9.31. The summed E-state index contributed by atoms with van der Waals surface area (Å²) in [5.74, 6) is 3.28. The average Bonchev–Trinajstić information content (AvgIpc) is 2.92. The van der Waals surface area contributed by atoms with Crippen LogP contribution in [0.25, 0.3) is 0 Å². The van der Waals surface area contributed by atoms with Gasteiger partial charge in [0.15, 0.2) is 6.29 Å². The SMILES string of the molecule is CCCCCc1ccc2c(c1)CCC(CCC1CCC(C3COC(C(COC)COC)OC3)CC1)C2. The lowest BCUT2D eigenvalue weighted by molar-refractivity contribution is -0.243. The fourth-order valence-electron chi connectivity index (χ4n) is 7.00. The molecule has 2 aliphatic carbocycles. The van der Waals surface area contributed by atoms with Crippen molar-refractivity contribution in [1.29, 1.82) is 0 Å². The number of benzene rings is 1. The van der Waals surface area contributed by atoms with E-state index in [0.29, 0.717) is 19.1 Å². The maximum absolute atomic E-state index is 6.14. The number of aryl methyl sites for hydroxylation is 2. The third-order valence-corrected chi connectivity index (χ3v) is 9.31. The predicted octanol–water partition coefficient (Wildman–Crippen LogP) is 7.01. The zero-order valence-corrected chi connectivity index (χ0v) is 23.3. The summed E-state index contributed by atoms with van der Waals surface area (Å²) >= 11 is 0. The van der Waals surface area contributed by atoms with E-state index in [2.05, 4.69) is 25.1 Å². The van der Waals surface area contributed by atoms with Gasteiger partial charge in [0.2, 0.25) is 0 Å². The highest BCUT2D eigenvalue weighted by Gasteiger charge is 2.35. The van der Waals surface area contributed by atoms with Crippen molar-refractivity contribution in [2.45, 2.75) is 96.7 Å². The number of ether oxygens (including phenoxy) is 4. The summed E-state index contributed by atoms with van der Waals surface area (Å²) in [6.45, 7) is 5.16. The van der Waals surface area contributed by atoms with Crippen LogP contribution in [-0.4, -0.2) is 46.9 Å². The van der Waals surface area contributed by atoms with Gasteiger partial charge in [-0.05, 0) is 85.8 Å². The number of unbranched alkanes of at least 4 members (excludes halogenated alkanes) is 2. The van der Waals surface area contributed by atoms with Crippen LogP contribution in [0.15, 0.2) is 18.2 Å². The van der Waals surface area contributed by atoms with Crippen LogP contribution in [-0.2, 0) is 38.2 Å². The van der Waals surface area contributed by atoms with Crippen molar-refractivity contribution in [1.82, 2.24) is 0 Å². The summed E-state index contributed by atoms with van der Waals surface area (Å²) in [7, 11) is 3.45. The second-order valence-electron chi connectivity index (χ2n) is 12.0. The molecule has 4 nitrogen and oxygen atoms in total. The molecule has 3 aliphatic rings. The van der Waals surface area contributed by atoms with Crippen LogP contribution < -0.4 is 0 Å². The van der Waals surface area contributed by atoms with Crippen molar-refractivity contribution >= 4 is 0 Å². The van der Waals surface area contributed by atoms with Crippen molar-refractivity contribution in [2.75, 3.05) is 40.6 Å². The van der Waals surface area contributed by atoms with Gasteiger partial charge < -0.3 is 18.9 Å². The molecule has 1 aliphatic heterocycles. The summed E-state index contributed by atoms with van der Waals surface area (Å²) in [6, 6.07) is 7.40. The number of methoxy groups -OCH3 is 2. The van der Waals surface area contributed by atoms with E-state index in [1.807, 2.05) is 0 Å². The quantitative estimate of drug-likeness (QED) is 0.273. The lowest BCUT2D eigenvalue weighted by Gasteiger charge is -2.39. The Labute approximate surface area is 220 Å². The van der Waals surface area contributed by atoms with Crippen molar-refractivity contribution in [3.8, 4) is 0 Å². The van der Waals surface area contributed by atoms with Gasteiger partial charge in [-0.2, -0.15) is 0 Å². The maximum atomic E-state index is 6.14. The molecule has 4 heteroatoms. The second-order valence-corrected chi connectivity index (χ2v) is 12.0. The molecule has 0 bridgehead atoms. The van der Waals surface area contributed by atoms with Crippen LogP contribution >= 0.6 is 0 Å². The second kappa shape index (κ2) is 14.9. The molecule has 1 saturated heterocycles. The van der Waals surface area contributed by atoms with E-state index in [0.717, 1.165) is 31.0 Å². The highest BCUT2D eigenvalue weighted by molar-refractivity contribution is 5.34. The van der Waals surface area contributed by atoms with Gasteiger partial charge in [-0.3, -0.25) is 0 Å². The lowest BCUT2D eigenvalue weighted by atomic mass is 9.73. The molecule has 0 N–H and O–H groups in total. The van der Waals surface area contributed by atoms with Gasteiger partial charge in [0.25, 0.3) is 0 Å². The van der Waals surface area contributed by atoms with Crippen LogP contribution in [0.1, 0.15) is 87.8 Å². The van der Waals surface area contributed by atoms with Gasteiger partial charge in [0.1, 0.15) is 0 Å². The van der Waals surface area contributed by atoms with Crippen molar-refractivity contribution < 1.29 is 18.9 Å². The monoisotopic (exact) mass is 500 g/mol. The van der Waals surface area contributed by atoms with Crippen LogP contribution in [0.5, 0.6) is 0 Å². The topological polar surface area (TPSA) is 36.9 Å². The number of fused-ring (bicyclic) bond motifs is 1. The first-order valence-corrected chi connectivity index (χ1v) is 15.0. The summed E-state index contributed by atoms with van der Waals surface area (Å²) in [5, 5.41) is 0. The largest absolute Gasteiger partial charge is 0.384 e. The number of hydrogen-bond acceptors (Lipinski definition) is 4. The molecule has 0 radical (unpaired) electrons. The Hall–Kier alpha value is -0.940. The van der Waals surface area contributed by atoms with Gasteiger partial charge in [-0.1, -0.05) is 57.2 Å². The standard InChI is InChI=1S/C32H52O4/c1-4-5-6-7-25-12-16-29-19-26(13-17-28(29)18-25)9-8-24-10-14-27(15-11-24)30-22-35-32(36-23-30)31(20-33-2)21-34-3/h12,16,18,24,26-27,30-32H,4-11,13-15,17,19-23H2,1-3H3. The highest BCUT2D eigenvalue weighted by Crippen LogP contribution is 2.39. The molecule has 2 fully saturated rings. The Morgan fingerprint density at radius 3 is 2.25 bits per heavy atom. The first-order chi connectivity index (χ1) is 17.7. The molecule has 4 rings (SSSR count). The van der Waals surface area contributed by atoms with Gasteiger partial charge in [-0.15, -0.1) is 0 Å². The Kier molecular flexibility index (Phi) is 11.6. The Morgan fingerprint density at radius 1 is 0.833 bits per heavy atom. The normalized spacial score (nSPS) is 28.8. The third kappa shape index (κ3) is 8.03.